The first kappa shape index (κ1) is 13.7. The van der Waals surface area contributed by atoms with E-state index < -0.39 is 0 Å². The van der Waals surface area contributed by atoms with Crippen molar-refractivity contribution in [1.29, 1.82) is 0 Å². The summed E-state index contributed by atoms with van der Waals surface area (Å²) < 4.78 is 0. The molecular weight excluding hydrogens is 264 g/mol. The van der Waals surface area contributed by atoms with E-state index in [1.807, 2.05) is 12.1 Å². The fraction of sp³-hybridized carbons (Fsp3) is 0.222. The monoisotopic (exact) mass is 280 g/mol. The van der Waals surface area contributed by atoms with E-state index in [0.29, 0.717) is 35.1 Å². The van der Waals surface area contributed by atoms with Crippen molar-refractivity contribution < 1.29 is 14.7 Å². The van der Waals surface area contributed by atoms with Gasteiger partial charge in [0.1, 0.15) is 0 Å². The zero-order chi connectivity index (χ0) is 14.8. The van der Waals surface area contributed by atoms with Gasteiger partial charge in [0.2, 0.25) is 0 Å². The van der Waals surface area contributed by atoms with Crippen LogP contribution in [0.1, 0.15) is 50.2 Å². The number of benzene rings is 2. The van der Waals surface area contributed by atoms with Gasteiger partial charge in [0.05, 0.1) is 0 Å². The number of aliphatic hydroxyl groups excluding tert-OH is 1. The first-order valence-electron chi connectivity index (χ1n) is 7.15. The number of unbranched alkanes of at least 4 members (excludes halogenated alkanes) is 1. The summed E-state index contributed by atoms with van der Waals surface area (Å²) in [5.74, 6) is -0.149. The Kier molecular flexibility index (Phi) is 3.67. The standard InChI is InChI=1S/C18H16O3/c19-11-4-3-6-12-7-5-10-15-16(12)18(21)14-9-2-1-8-13(14)17(15)20/h1-2,5,7-10,19H,3-4,6,11H2. The Labute approximate surface area is 123 Å². The molecule has 0 aliphatic heterocycles. The minimum absolute atomic E-state index is 0.0696. The fourth-order valence-electron chi connectivity index (χ4n) is 2.85. The number of aliphatic hydroxyl groups is 1. The molecule has 0 aromatic heterocycles. The Bertz CT molecular complexity index is 716. The van der Waals surface area contributed by atoms with E-state index in [2.05, 4.69) is 0 Å². The van der Waals surface area contributed by atoms with Gasteiger partial charge >= 0.3 is 0 Å². The Morgan fingerprint density at radius 3 is 2.14 bits per heavy atom. The number of hydrogen-bond donors (Lipinski definition) is 1. The topological polar surface area (TPSA) is 54.4 Å². The smallest absolute Gasteiger partial charge is 0.194 e. The molecule has 0 bridgehead atoms. The van der Waals surface area contributed by atoms with Gasteiger partial charge in [-0.15, -0.1) is 0 Å². The summed E-state index contributed by atoms with van der Waals surface area (Å²) in [6.45, 7) is 0.144. The van der Waals surface area contributed by atoms with Gasteiger partial charge in [0.25, 0.3) is 0 Å². The highest BCUT2D eigenvalue weighted by atomic mass is 16.2. The minimum Gasteiger partial charge on any atom is -0.396 e. The van der Waals surface area contributed by atoms with Gasteiger partial charge in [-0.25, -0.2) is 0 Å². The van der Waals surface area contributed by atoms with Crippen LogP contribution in [0.25, 0.3) is 0 Å². The highest BCUT2D eigenvalue weighted by Gasteiger charge is 2.30. The van der Waals surface area contributed by atoms with Gasteiger partial charge in [-0.3, -0.25) is 9.59 Å². The summed E-state index contributed by atoms with van der Waals surface area (Å²) in [5, 5.41) is 8.89. The number of ketones is 2. The molecule has 0 radical (unpaired) electrons. The SMILES string of the molecule is O=C1c2ccccc2C(=O)c2c(CCCCO)cccc21. The highest BCUT2D eigenvalue weighted by molar-refractivity contribution is 6.28. The van der Waals surface area contributed by atoms with Gasteiger partial charge in [0.15, 0.2) is 11.6 Å². The zero-order valence-corrected chi connectivity index (χ0v) is 11.6. The Balaban J connectivity index is 2.08. The minimum atomic E-state index is -0.0794. The van der Waals surface area contributed by atoms with Crippen LogP contribution in [0, 0.1) is 0 Å². The molecule has 0 saturated carbocycles. The summed E-state index contributed by atoms with van der Waals surface area (Å²) in [5.41, 5.74) is 2.92. The second kappa shape index (κ2) is 5.62. The summed E-state index contributed by atoms with van der Waals surface area (Å²) in [4.78, 5) is 25.2. The third kappa shape index (κ3) is 2.30. The molecule has 0 heterocycles. The molecule has 0 unspecified atom stereocenters. The molecule has 1 aliphatic carbocycles. The number of hydrogen-bond acceptors (Lipinski definition) is 3. The number of aryl methyl sites for hydroxylation is 1. The Hall–Kier alpha value is -2.26. The predicted octanol–water partition coefficient (Wildman–Crippen LogP) is 2.78. The maximum absolute atomic E-state index is 12.7. The summed E-state index contributed by atoms with van der Waals surface area (Å²) >= 11 is 0. The van der Waals surface area contributed by atoms with Crippen LogP contribution in [0.4, 0.5) is 0 Å². The summed E-state index contributed by atoms with van der Waals surface area (Å²) in [6.07, 6.45) is 2.20. The quantitative estimate of drug-likeness (QED) is 0.748. The molecule has 21 heavy (non-hydrogen) atoms. The molecule has 0 fully saturated rings. The Morgan fingerprint density at radius 2 is 1.43 bits per heavy atom. The van der Waals surface area contributed by atoms with Crippen LogP contribution in [0.3, 0.4) is 0 Å². The lowest BCUT2D eigenvalue weighted by Gasteiger charge is -2.20. The van der Waals surface area contributed by atoms with E-state index in [4.69, 9.17) is 5.11 Å². The van der Waals surface area contributed by atoms with Crippen LogP contribution in [-0.4, -0.2) is 23.3 Å². The second-order valence-electron chi connectivity index (χ2n) is 5.22. The van der Waals surface area contributed by atoms with E-state index in [-0.39, 0.29) is 18.2 Å². The molecule has 106 valence electrons. The van der Waals surface area contributed by atoms with Crippen molar-refractivity contribution in [3.8, 4) is 0 Å². The predicted molar refractivity (Wildman–Crippen MR) is 79.8 cm³/mol. The van der Waals surface area contributed by atoms with Crippen LogP contribution in [-0.2, 0) is 6.42 Å². The molecule has 0 saturated heterocycles. The van der Waals surface area contributed by atoms with Crippen LogP contribution < -0.4 is 0 Å². The van der Waals surface area contributed by atoms with Crippen LogP contribution in [0.2, 0.25) is 0 Å². The van der Waals surface area contributed by atoms with Crippen molar-refractivity contribution in [2.75, 3.05) is 6.61 Å². The van der Waals surface area contributed by atoms with Crippen molar-refractivity contribution in [2.45, 2.75) is 19.3 Å². The van der Waals surface area contributed by atoms with Crippen molar-refractivity contribution in [3.63, 3.8) is 0 Å². The molecule has 1 N–H and O–H groups in total. The van der Waals surface area contributed by atoms with E-state index in [0.717, 1.165) is 12.0 Å². The molecule has 0 spiro atoms. The molecule has 3 nitrogen and oxygen atoms in total. The molecule has 2 aromatic rings. The normalized spacial score (nSPS) is 13.0. The first-order valence-corrected chi connectivity index (χ1v) is 7.15. The Morgan fingerprint density at radius 1 is 0.762 bits per heavy atom. The summed E-state index contributed by atoms with van der Waals surface area (Å²) in [7, 11) is 0. The summed E-state index contributed by atoms with van der Waals surface area (Å²) in [6, 6.07) is 12.4. The highest BCUT2D eigenvalue weighted by Crippen LogP contribution is 2.30. The van der Waals surface area contributed by atoms with Crippen LogP contribution >= 0.6 is 0 Å². The van der Waals surface area contributed by atoms with E-state index in [1.54, 1.807) is 30.3 Å². The molecule has 3 heteroatoms. The lowest BCUT2D eigenvalue weighted by atomic mass is 9.81. The zero-order valence-electron chi connectivity index (χ0n) is 11.6. The lowest BCUT2D eigenvalue weighted by molar-refractivity contribution is 0.0978. The van der Waals surface area contributed by atoms with Gasteiger partial charge in [0, 0.05) is 28.9 Å². The second-order valence-corrected chi connectivity index (χ2v) is 5.22. The van der Waals surface area contributed by atoms with Gasteiger partial charge < -0.3 is 5.11 Å². The third-order valence-electron chi connectivity index (χ3n) is 3.89. The maximum Gasteiger partial charge on any atom is 0.194 e. The fourth-order valence-corrected chi connectivity index (χ4v) is 2.85. The first-order chi connectivity index (χ1) is 10.2. The van der Waals surface area contributed by atoms with E-state index in [9.17, 15) is 9.59 Å². The number of carbonyl (C=O) groups excluding carboxylic acids is 2. The maximum atomic E-state index is 12.7. The van der Waals surface area contributed by atoms with Crippen molar-refractivity contribution in [3.05, 3.63) is 70.3 Å². The third-order valence-corrected chi connectivity index (χ3v) is 3.89. The van der Waals surface area contributed by atoms with Gasteiger partial charge in [-0.1, -0.05) is 42.5 Å². The van der Waals surface area contributed by atoms with Crippen molar-refractivity contribution >= 4 is 11.6 Å². The average molecular weight is 280 g/mol. The van der Waals surface area contributed by atoms with Crippen molar-refractivity contribution in [2.24, 2.45) is 0 Å². The van der Waals surface area contributed by atoms with Crippen molar-refractivity contribution in [1.82, 2.24) is 0 Å². The van der Waals surface area contributed by atoms with E-state index >= 15 is 0 Å². The van der Waals surface area contributed by atoms with Crippen LogP contribution in [0.5, 0.6) is 0 Å². The molecule has 0 atom stereocenters. The molecule has 1 aliphatic rings. The lowest BCUT2D eigenvalue weighted by Crippen LogP contribution is -2.22. The largest absolute Gasteiger partial charge is 0.396 e. The molecular formula is C18H16O3. The van der Waals surface area contributed by atoms with E-state index in [1.165, 1.54) is 0 Å². The van der Waals surface area contributed by atoms with Gasteiger partial charge in [-0.2, -0.15) is 0 Å². The number of rotatable bonds is 4. The van der Waals surface area contributed by atoms with Crippen LogP contribution in [0.15, 0.2) is 42.5 Å². The molecule has 0 amide bonds. The number of fused-ring (bicyclic) bond motifs is 2. The average Bonchev–Trinajstić information content (AvgIpc) is 2.53. The number of carbonyl (C=O) groups is 2. The van der Waals surface area contributed by atoms with Gasteiger partial charge in [-0.05, 0) is 24.8 Å². The molecule has 2 aromatic carbocycles. The molecule has 3 rings (SSSR count).